The van der Waals surface area contributed by atoms with Crippen LogP contribution in [0.4, 0.5) is 5.69 Å². The van der Waals surface area contributed by atoms with E-state index < -0.39 is 5.91 Å². The molecule has 1 aliphatic rings. The number of fused-ring (bicyclic) bond motifs is 1. The van der Waals surface area contributed by atoms with Gasteiger partial charge in [-0.25, -0.2) is 0 Å². The third-order valence-electron chi connectivity index (χ3n) is 6.24. The van der Waals surface area contributed by atoms with Crippen LogP contribution in [0.25, 0.3) is 0 Å². The fourth-order valence-electron chi connectivity index (χ4n) is 4.29. The lowest BCUT2D eigenvalue weighted by Gasteiger charge is -2.30. The fraction of sp³-hybridized carbons (Fsp3) is 0.500. The summed E-state index contributed by atoms with van der Waals surface area (Å²) in [5, 5.41) is 2.17. The highest BCUT2D eigenvalue weighted by Gasteiger charge is 2.23. The molecule has 36 heavy (non-hydrogen) atoms. The van der Waals surface area contributed by atoms with Crippen molar-refractivity contribution in [2.24, 2.45) is 5.73 Å². The number of hydrogen-bond acceptors (Lipinski definition) is 6. The molecule has 7 nitrogen and oxygen atoms in total. The van der Waals surface area contributed by atoms with Gasteiger partial charge in [-0.15, -0.1) is 0 Å². The maximum Gasteiger partial charge on any atom is 0.250 e. The summed E-state index contributed by atoms with van der Waals surface area (Å²) < 4.78 is 19.9. The monoisotopic (exact) mass is 515 g/mol. The van der Waals surface area contributed by atoms with Gasteiger partial charge in [0.05, 0.1) is 16.1 Å². The van der Waals surface area contributed by atoms with Crippen LogP contribution in [-0.4, -0.2) is 48.6 Å². The van der Waals surface area contributed by atoms with Gasteiger partial charge in [-0.05, 0) is 43.3 Å². The molecule has 0 aliphatic carbocycles. The summed E-state index contributed by atoms with van der Waals surface area (Å²) in [4.78, 5) is 16.0. The number of nitrogens with zero attached hydrogens (tertiary/aromatic N) is 2. The molecule has 198 valence electrons. The second-order valence-electron chi connectivity index (χ2n) is 8.66. The third kappa shape index (κ3) is 6.53. The van der Waals surface area contributed by atoms with Gasteiger partial charge in [0.15, 0.2) is 11.5 Å². The summed E-state index contributed by atoms with van der Waals surface area (Å²) in [6.45, 7) is 14.4. The average Bonchev–Trinajstić information content (AvgIpc) is 3.35. The summed E-state index contributed by atoms with van der Waals surface area (Å²) in [6.07, 6.45) is 4.22. The second kappa shape index (κ2) is 13.6. The van der Waals surface area contributed by atoms with Gasteiger partial charge >= 0.3 is 0 Å². The highest BCUT2D eigenvalue weighted by Crippen LogP contribution is 2.44. The van der Waals surface area contributed by atoms with Gasteiger partial charge < -0.3 is 24.8 Å². The highest BCUT2D eigenvalue weighted by atomic mass is 32.2. The Morgan fingerprint density at radius 1 is 1.03 bits per heavy atom. The van der Waals surface area contributed by atoms with Crippen LogP contribution < -0.4 is 24.8 Å². The molecule has 1 unspecified atom stereocenters. The topological polar surface area (TPSA) is 77.3 Å². The van der Waals surface area contributed by atoms with Gasteiger partial charge in [-0.1, -0.05) is 51.2 Å². The first-order valence-corrected chi connectivity index (χ1v) is 14.3. The highest BCUT2D eigenvalue weighted by molar-refractivity contribution is 8.13. The van der Waals surface area contributed by atoms with E-state index in [1.807, 2.05) is 30.3 Å². The van der Waals surface area contributed by atoms with Crippen LogP contribution >= 0.6 is 10.7 Å². The van der Waals surface area contributed by atoms with Gasteiger partial charge in [-0.2, -0.15) is 0 Å². The molecule has 0 bridgehead atoms. The molecule has 0 saturated heterocycles. The number of carbonyl (C=O) groups excluding carboxylic acids is 1. The van der Waals surface area contributed by atoms with Gasteiger partial charge in [-0.3, -0.25) is 9.10 Å². The van der Waals surface area contributed by atoms with Crippen molar-refractivity contribution in [3.8, 4) is 23.0 Å². The molecule has 2 aromatic carbocycles. The molecule has 1 aliphatic heterocycles. The van der Waals surface area contributed by atoms with E-state index in [0.717, 1.165) is 68.2 Å². The number of ether oxygens (including phenoxy) is 3. The Labute approximate surface area is 218 Å². The number of primary amides is 1. The maximum atomic E-state index is 12.7. The number of amides is 1. The predicted molar refractivity (Wildman–Crippen MR) is 150 cm³/mol. The molecule has 1 heterocycles. The van der Waals surface area contributed by atoms with Crippen LogP contribution in [0.5, 0.6) is 23.0 Å². The minimum Gasteiger partial charge on any atom is -0.456 e. The zero-order valence-electron chi connectivity index (χ0n) is 22.3. The second-order valence-corrected chi connectivity index (χ2v) is 10.7. The first kappa shape index (κ1) is 27.9. The Bertz CT molecular complexity index is 1060. The number of benzene rings is 2. The minimum absolute atomic E-state index is 0.210. The van der Waals surface area contributed by atoms with Crippen molar-refractivity contribution < 1.29 is 19.0 Å². The summed E-state index contributed by atoms with van der Waals surface area (Å²) in [7, 11) is -0.375. The molecular formula is C28H41N3O4S. The lowest BCUT2D eigenvalue weighted by Crippen LogP contribution is -2.29. The Morgan fingerprint density at radius 2 is 1.69 bits per heavy atom. The Hall–Kier alpha value is -2.71. The predicted octanol–water partition coefficient (Wildman–Crippen LogP) is 6.42. The third-order valence-corrected chi connectivity index (χ3v) is 8.52. The van der Waals surface area contributed by atoms with Crippen LogP contribution in [0.3, 0.4) is 0 Å². The van der Waals surface area contributed by atoms with Crippen molar-refractivity contribution in [2.75, 3.05) is 37.9 Å². The van der Waals surface area contributed by atoms with Crippen LogP contribution in [-0.2, 0) is 0 Å². The molecule has 0 saturated carbocycles. The first-order valence-electron chi connectivity index (χ1n) is 13.0. The van der Waals surface area contributed by atoms with Crippen molar-refractivity contribution in [3.63, 3.8) is 0 Å². The summed E-state index contributed by atoms with van der Waals surface area (Å²) >= 11 is 0. The van der Waals surface area contributed by atoms with Crippen molar-refractivity contribution in [1.82, 2.24) is 4.31 Å². The molecule has 8 heteroatoms. The zero-order valence-corrected chi connectivity index (χ0v) is 23.2. The molecule has 2 N–H and O–H groups in total. The Morgan fingerprint density at radius 3 is 2.28 bits per heavy atom. The quantitative estimate of drug-likeness (QED) is 0.293. The number of nitrogens with two attached hydrogens (primary N) is 1. The van der Waals surface area contributed by atoms with Crippen LogP contribution in [0.15, 0.2) is 35.2 Å². The lowest BCUT2D eigenvalue weighted by atomic mass is 10.1. The van der Waals surface area contributed by atoms with Crippen LogP contribution in [0.2, 0.25) is 0 Å². The molecule has 0 fully saturated rings. The summed E-state index contributed by atoms with van der Waals surface area (Å²) in [5.41, 5.74) is 7.35. The van der Waals surface area contributed by atoms with E-state index in [4.69, 9.17) is 19.9 Å². The van der Waals surface area contributed by atoms with Crippen LogP contribution in [0, 0.1) is 0 Å². The van der Waals surface area contributed by atoms with E-state index in [1.54, 1.807) is 0 Å². The molecule has 0 aromatic heterocycles. The molecular weight excluding hydrogens is 474 g/mol. The van der Waals surface area contributed by atoms with E-state index in [9.17, 15) is 4.79 Å². The van der Waals surface area contributed by atoms with Crippen molar-refractivity contribution >= 4 is 27.6 Å². The number of rotatable bonds is 14. The van der Waals surface area contributed by atoms with E-state index in [2.05, 4.69) is 49.2 Å². The molecule has 2 aromatic rings. The fourth-order valence-corrected chi connectivity index (χ4v) is 6.22. The van der Waals surface area contributed by atoms with Gasteiger partial charge in [0.25, 0.3) is 5.91 Å². The number of anilines is 1. The number of hydrogen-bond donors (Lipinski definition) is 1. The van der Waals surface area contributed by atoms with Gasteiger partial charge in [0.2, 0.25) is 6.79 Å². The molecule has 0 spiro atoms. The van der Waals surface area contributed by atoms with E-state index in [1.165, 1.54) is 0 Å². The summed E-state index contributed by atoms with van der Waals surface area (Å²) in [5.74, 6) is 2.34. The molecule has 1 amide bonds. The Balaban J connectivity index is 2.17. The van der Waals surface area contributed by atoms with E-state index >= 15 is 0 Å². The molecule has 0 radical (unpaired) electrons. The number of unbranched alkanes of at least 4 members (excludes halogenated alkanes) is 2. The first-order chi connectivity index (χ1) is 17.5. The normalized spacial score (nSPS) is 13.3. The maximum absolute atomic E-state index is 12.7. The molecule has 3 rings (SSSR count). The zero-order chi connectivity index (χ0) is 26.1. The lowest BCUT2D eigenvalue weighted by molar-refractivity contribution is 0.100. The number of carbonyl (C=O) groups is 1. The van der Waals surface area contributed by atoms with Gasteiger partial charge in [0, 0.05) is 38.3 Å². The van der Waals surface area contributed by atoms with Crippen LogP contribution in [0.1, 0.15) is 70.7 Å². The van der Waals surface area contributed by atoms with Crippen molar-refractivity contribution in [3.05, 3.63) is 35.9 Å². The minimum atomic E-state index is -0.418. The van der Waals surface area contributed by atoms with Crippen molar-refractivity contribution in [1.29, 1.82) is 0 Å². The summed E-state index contributed by atoms with van der Waals surface area (Å²) in [6, 6.07) is 9.56. The largest absolute Gasteiger partial charge is 0.456 e. The standard InChI is InChI=1S/C28H41N3O4S/c1-6-11-15-30(16-12-7-2)23-19-26(35-21-13-14-24-25(17-21)34-20-33-24)27(18-22(23)28(29)32)36(10-5)31(8-3)9-4/h10,13-14,17-19H,6-9,11-12,15-16,20H2,1-5H3,(H2,29,32). The Kier molecular flexibility index (Phi) is 10.5. The van der Waals surface area contributed by atoms with E-state index in [0.29, 0.717) is 22.8 Å². The van der Waals surface area contributed by atoms with E-state index in [-0.39, 0.29) is 17.5 Å². The smallest absolute Gasteiger partial charge is 0.250 e. The van der Waals surface area contributed by atoms with Gasteiger partial charge in [0.1, 0.15) is 11.5 Å². The molecule has 1 atom stereocenters. The average molecular weight is 516 g/mol. The SMILES string of the molecule is C/C=S(/c1cc(C(N)=O)c(N(CCCC)CCCC)cc1Oc1ccc2c(c1)OCO2)N(CC)CC. The van der Waals surface area contributed by atoms with Crippen molar-refractivity contribution in [2.45, 2.75) is 65.2 Å².